The van der Waals surface area contributed by atoms with Gasteiger partial charge in [0.1, 0.15) is 5.75 Å². The summed E-state index contributed by atoms with van der Waals surface area (Å²) in [6.45, 7) is 4.03. The molecule has 120 valence electrons. The Morgan fingerprint density at radius 1 is 1.04 bits per heavy atom. The minimum absolute atomic E-state index is 0.0852. The molecule has 5 heteroatoms. The summed E-state index contributed by atoms with van der Waals surface area (Å²) in [5.41, 5.74) is 4.14. The Hall–Kier alpha value is -2.53. The molecule has 4 nitrogen and oxygen atoms in total. The molecule has 0 aliphatic carbocycles. The van der Waals surface area contributed by atoms with Crippen LogP contribution in [0.25, 0.3) is 5.69 Å². The molecule has 24 heavy (non-hydrogen) atoms. The molecule has 1 aromatic heterocycles. The number of para-hydroxylation sites is 1. The monoisotopic (exact) mass is 335 g/mol. The van der Waals surface area contributed by atoms with Crippen molar-refractivity contribution in [2.75, 3.05) is 0 Å². The maximum Gasteiger partial charge on any atom is 0.161 e. The SMILES string of the molecule is CC1=Nc2c(c(C)nn2-c2ccccc2)C(c2cccc(O)c2)S1. The lowest BCUT2D eigenvalue weighted by atomic mass is 10.0. The van der Waals surface area contributed by atoms with Gasteiger partial charge in [0.25, 0.3) is 0 Å². The van der Waals surface area contributed by atoms with Gasteiger partial charge < -0.3 is 5.11 Å². The number of aryl methyl sites for hydroxylation is 1. The predicted molar refractivity (Wildman–Crippen MR) is 98.6 cm³/mol. The maximum absolute atomic E-state index is 9.85. The van der Waals surface area contributed by atoms with E-state index in [4.69, 9.17) is 10.1 Å². The highest BCUT2D eigenvalue weighted by molar-refractivity contribution is 8.14. The lowest BCUT2D eigenvalue weighted by molar-refractivity contribution is 0.474. The summed E-state index contributed by atoms with van der Waals surface area (Å²) in [6.07, 6.45) is 0. The molecular formula is C19H17N3OS. The molecule has 0 fully saturated rings. The van der Waals surface area contributed by atoms with Gasteiger partial charge in [-0.05, 0) is 43.7 Å². The van der Waals surface area contributed by atoms with Gasteiger partial charge >= 0.3 is 0 Å². The first-order valence-corrected chi connectivity index (χ1v) is 8.67. The van der Waals surface area contributed by atoms with Crippen LogP contribution in [-0.2, 0) is 0 Å². The Morgan fingerprint density at radius 3 is 2.58 bits per heavy atom. The van der Waals surface area contributed by atoms with Crippen molar-refractivity contribution in [3.63, 3.8) is 0 Å². The van der Waals surface area contributed by atoms with E-state index in [0.29, 0.717) is 0 Å². The maximum atomic E-state index is 9.85. The fraction of sp³-hybridized carbons (Fsp3) is 0.158. The molecule has 0 spiro atoms. The van der Waals surface area contributed by atoms with E-state index in [1.165, 1.54) is 0 Å². The molecule has 2 heterocycles. The molecule has 3 aromatic rings. The Bertz CT molecular complexity index is 931. The molecule has 0 saturated heterocycles. The van der Waals surface area contributed by atoms with Gasteiger partial charge in [-0.1, -0.05) is 42.1 Å². The zero-order chi connectivity index (χ0) is 16.7. The number of phenolic OH excluding ortho intramolecular Hbond substituents is 1. The lowest BCUT2D eigenvalue weighted by Gasteiger charge is -2.22. The second-order valence-electron chi connectivity index (χ2n) is 5.79. The van der Waals surface area contributed by atoms with Gasteiger partial charge in [-0.3, -0.25) is 0 Å². The highest BCUT2D eigenvalue weighted by atomic mass is 32.2. The number of nitrogens with zero attached hydrogens (tertiary/aromatic N) is 3. The third-order valence-electron chi connectivity index (χ3n) is 4.07. The summed E-state index contributed by atoms with van der Waals surface area (Å²) >= 11 is 1.70. The van der Waals surface area contributed by atoms with Crippen molar-refractivity contribution in [2.24, 2.45) is 4.99 Å². The van der Waals surface area contributed by atoms with Crippen molar-refractivity contribution in [1.82, 2.24) is 9.78 Å². The van der Waals surface area contributed by atoms with Crippen LogP contribution in [0, 0.1) is 6.92 Å². The molecule has 0 bridgehead atoms. The molecule has 1 aliphatic rings. The van der Waals surface area contributed by atoms with Gasteiger partial charge in [0.15, 0.2) is 5.82 Å². The molecule has 1 aliphatic heterocycles. The van der Waals surface area contributed by atoms with Crippen LogP contribution < -0.4 is 0 Å². The second kappa shape index (κ2) is 5.83. The Labute approximate surface area is 144 Å². The fourth-order valence-electron chi connectivity index (χ4n) is 3.02. The number of fused-ring (bicyclic) bond motifs is 1. The lowest BCUT2D eigenvalue weighted by Crippen LogP contribution is -2.06. The summed E-state index contributed by atoms with van der Waals surface area (Å²) in [6, 6.07) is 17.5. The van der Waals surface area contributed by atoms with Crippen LogP contribution in [0.15, 0.2) is 59.6 Å². The van der Waals surface area contributed by atoms with Crippen LogP contribution in [0.1, 0.15) is 29.0 Å². The van der Waals surface area contributed by atoms with E-state index in [0.717, 1.165) is 33.4 Å². The van der Waals surface area contributed by atoms with Gasteiger partial charge in [0, 0.05) is 5.56 Å². The molecule has 0 saturated carbocycles. The number of hydrogen-bond donors (Lipinski definition) is 1. The van der Waals surface area contributed by atoms with E-state index in [-0.39, 0.29) is 11.0 Å². The first kappa shape index (κ1) is 15.0. The molecule has 1 atom stereocenters. The predicted octanol–water partition coefficient (Wildman–Crippen LogP) is 4.77. The normalized spacial score (nSPS) is 16.6. The van der Waals surface area contributed by atoms with Crippen molar-refractivity contribution in [3.8, 4) is 11.4 Å². The van der Waals surface area contributed by atoms with E-state index in [1.807, 2.05) is 67.1 Å². The first-order valence-electron chi connectivity index (χ1n) is 7.79. The van der Waals surface area contributed by atoms with Crippen molar-refractivity contribution in [2.45, 2.75) is 19.1 Å². The van der Waals surface area contributed by atoms with E-state index in [9.17, 15) is 5.11 Å². The molecule has 2 aromatic carbocycles. The fourth-order valence-corrected chi connectivity index (χ4v) is 4.18. The van der Waals surface area contributed by atoms with Crippen LogP contribution in [0.5, 0.6) is 5.75 Å². The smallest absolute Gasteiger partial charge is 0.161 e. The van der Waals surface area contributed by atoms with Crippen LogP contribution in [0.3, 0.4) is 0 Å². The number of aromatic nitrogens is 2. The number of thioether (sulfide) groups is 1. The quantitative estimate of drug-likeness (QED) is 0.734. The van der Waals surface area contributed by atoms with E-state index < -0.39 is 0 Å². The minimum Gasteiger partial charge on any atom is -0.508 e. The average molecular weight is 335 g/mol. The molecular weight excluding hydrogens is 318 g/mol. The highest BCUT2D eigenvalue weighted by Gasteiger charge is 2.30. The van der Waals surface area contributed by atoms with Gasteiger partial charge in [-0.15, -0.1) is 0 Å². The van der Waals surface area contributed by atoms with Gasteiger partial charge in [-0.2, -0.15) is 5.10 Å². The molecule has 1 N–H and O–H groups in total. The number of benzene rings is 2. The summed E-state index contributed by atoms with van der Waals surface area (Å²) in [7, 11) is 0. The Balaban J connectivity index is 1.91. The standard InChI is InChI=1S/C19H17N3OS/c1-12-17-18(14-7-6-10-16(23)11-14)24-13(2)20-19(17)22(21-12)15-8-4-3-5-9-15/h3-11,18,23H,1-2H3. The molecule has 1 unspecified atom stereocenters. The molecule has 0 radical (unpaired) electrons. The van der Waals surface area contributed by atoms with Crippen molar-refractivity contribution in [1.29, 1.82) is 0 Å². The average Bonchev–Trinajstić information content (AvgIpc) is 2.91. The second-order valence-corrected chi connectivity index (χ2v) is 7.09. The van der Waals surface area contributed by atoms with E-state index in [2.05, 4.69) is 0 Å². The van der Waals surface area contributed by atoms with Crippen molar-refractivity contribution < 1.29 is 5.11 Å². The van der Waals surface area contributed by atoms with Crippen LogP contribution in [0.4, 0.5) is 5.82 Å². The van der Waals surface area contributed by atoms with Gasteiger partial charge in [-0.25, -0.2) is 9.67 Å². The zero-order valence-corrected chi connectivity index (χ0v) is 14.3. The summed E-state index contributed by atoms with van der Waals surface area (Å²) in [5, 5.41) is 15.7. The van der Waals surface area contributed by atoms with Crippen LogP contribution in [0.2, 0.25) is 0 Å². The number of phenols is 1. The summed E-state index contributed by atoms with van der Waals surface area (Å²) in [5.74, 6) is 1.16. The first-order chi connectivity index (χ1) is 11.6. The summed E-state index contributed by atoms with van der Waals surface area (Å²) in [4.78, 5) is 4.76. The van der Waals surface area contributed by atoms with E-state index in [1.54, 1.807) is 17.8 Å². The van der Waals surface area contributed by atoms with Crippen molar-refractivity contribution in [3.05, 3.63) is 71.4 Å². The Morgan fingerprint density at radius 2 is 1.83 bits per heavy atom. The highest BCUT2D eigenvalue weighted by Crippen LogP contribution is 2.47. The third kappa shape index (κ3) is 2.51. The van der Waals surface area contributed by atoms with Crippen LogP contribution >= 0.6 is 11.8 Å². The van der Waals surface area contributed by atoms with Gasteiger partial charge in [0.2, 0.25) is 0 Å². The molecule has 4 rings (SSSR count). The minimum atomic E-state index is 0.0852. The largest absolute Gasteiger partial charge is 0.508 e. The number of aliphatic imine (C=N–C) groups is 1. The molecule has 0 amide bonds. The third-order valence-corrected chi connectivity index (χ3v) is 5.24. The van der Waals surface area contributed by atoms with E-state index >= 15 is 0 Å². The van der Waals surface area contributed by atoms with Crippen LogP contribution in [-0.4, -0.2) is 19.9 Å². The summed E-state index contributed by atoms with van der Waals surface area (Å²) < 4.78 is 1.91. The number of rotatable bonds is 2. The Kier molecular flexibility index (Phi) is 3.65. The number of aromatic hydroxyl groups is 1. The topological polar surface area (TPSA) is 50.4 Å². The zero-order valence-electron chi connectivity index (χ0n) is 13.5. The van der Waals surface area contributed by atoms with Crippen molar-refractivity contribution >= 4 is 22.6 Å². The van der Waals surface area contributed by atoms with Gasteiger partial charge in [0.05, 0.1) is 21.7 Å². The number of hydrogen-bond acceptors (Lipinski definition) is 4.